The molecule has 2 unspecified atom stereocenters. The number of halogens is 4. The molecule has 242 valence electrons. The first kappa shape index (κ1) is 32.7. The van der Waals surface area contributed by atoms with Gasteiger partial charge in [0.15, 0.2) is 0 Å². The average Bonchev–Trinajstić information content (AvgIpc) is 3.70. The van der Waals surface area contributed by atoms with Crippen LogP contribution in [0.15, 0.2) is 48.5 Å². The van der Waals surface area contributed by atoms with Crippen LogP contribution in [0.4, 0.5) is 13.2 Å². The normalized spacial score (nSPS) is 20.9. The fraction of sp³-hybridized carbons (Fsp3) is 0.516. The third kappa shape index (κ3) is 7.58. The molecule has 2 aliphatic heterocycles. The Bertz CT molecular complexity index is 1480. The average molecular weight is 648 g/mol. The van der Waals surface area contributed by atoms with E-state index in [4.69, 9.17) is 4.74 Å². The number of carbonyl (C=O) groups is 2. The molecule has 3 aromatic rings. The van der Waals surface area contributed by atoms with Crippen LogP contribution in [0.25, 0.3) is 5.69 Å². The molecule has 3 heterocycles. The monoisotopic (exact) mass is 647 g/mol. The molecule has 3 aliphatic rings. The first-order valence-electron chi connectivity index (χ1n) is 15.2. The highest BCUT2D eigenvalue weighted by Gasteiger charge is 2.39. The fourth-order valence-electron chi connectivity index (χ4n) is 6.23. The molecular weight excluding hydrogens is 611 g/mol. The van der Waals surface area contributed by atoms with Gasteiger partial charge in [-0.25, -0.2) is 0 Å². The summed E-state index contributed by atoms with van der Waals surface area (Å²) in [6.45, 7) is 4.27. The van der Waals surface area contributed by atoms with Crippen LogP contribution in [-0.2, 0) is 22.3 Å². The number of benzene rings is 2. The third-order valence-electron chi connectivity index (χ3n) is 8.83. The van der Waals surface area contributed by atoms with Gasteiger partial charge in [0, 0.05) is 63.1 Å². The molecule has 2 aromatic carbocycles. The summed E-state index contributed by atoms with van der Waals surface area (Å²) < 4.78 is 47.4. The van der Waals surface area contributed by atoms with E-state index < -0.39 is 12.0 Å². The van der Waals surface area contributed by atoms with E-state index in [0.717, 1.165) is 18.4 Å². The molecular formula is C31H37ClF3N7O3. The van der Waals surface area contributed by atoms with Gasteiger partial charge >= 0.3 is 6.18 Å². The summed E-state index contributed by atoms with van der Waals surface area (Å²) in [6.07, 6.45) is -0.668. The maximum absolute atomic E-state index is 13.6. The lowest BCUT2D eigenvalue weighted by Crippen LogP contribution is -2.52. The molecule has 14 heteroatoms. The van der Waals surface area contributed by atoms with Crippen molar-refractivity contribution in [3.63, 3.8) is 0 Å². The van der Waals surface area contributed by atoms with Gasteiger partial charge in [-0.15, -0.1) is 17.5 Å². The van der Waals surface area contributed by atoms with E-state index in [1.807, 2.05) is 23.1 Å². The highest BCUT2D eigenvalue weighted by Crippen LogP contribution is 2.34. The number of piperidine rings is 2. The number of aromatic nitrogens is 4. The quantitative estimate of drug-likeness (QED) is 0.387. The van der Waals surface area contributed by atoms with Crippen molar-refractivity contribution in [3.05, 3.63) is 65.5 Å². The molecule has 3 fully saturated rings. The summed E-state index contributed by atoms with van der Waals surface area (Å²) in [4.78, 5) is 29.1. The van der Waals surface area contributed by atoms with Crippen LogP contribution in [0.5, 0.6) is 5.75 Å². The molecule has 1 aromatic heterocycles. The van der Waals surface area contributed by atoms with Gasteiger partial charge in [0.25, 0.3) is 5.82 Å². The van der Waals surface area contributed by atoms with Crippen LogP contribution < -0.4 is 10.1 Å². The number of hydrogen-bond donors (Lipinski definition) is 1. The van der Waals surface area contributed by atoms with E-state index in [1.54, 1.807) is 24.0 Å². The fourth-order valence-corrected chi connectivity index (χ4v) is 6.23. The SMILES string of the molecule is CC(=O)N1CCC(C(=O)N2CCC(NCc3cc(-n4nnnc4C(F)(F)F)ccc3OC3CC3)C(c3ccccc3)C2)CC1.Cl. The standard InChI is InChI=1S/C31H36F3N7O3.ClH/c1-20(42)39-14-11-22(12-15-39)29(43)40-16-13-27(26(19-40)21-5-3-2-4-6-21)35-18-23-17-24(7-10-28(23)44-25-8-9-25)41-30(31(32,33)34)36-37-38-41;/h2-7,10,17,22,25-27,35H,8-9,11-16,18-19H2,1H3;1H. The Morgan fingerprint density at radius 2 is 1.69 bits per heavy atom. The van der Waals surface area contributed by atoms with E-state index in [1.165, 1.54) is 6.07 Å². The number of alkyl halides is 3. The van der Waals surface area contributed by atoms with Crippen molar-refractivity contribution < 1.29 is 27.5 Å². The van der Waals surface area contributed by atoms with E-state index in [0.29, 0.717) is 68.0 Å². The number of carbonyl (C=O) groups excluding carboxylic acids is 2. The second-order valence-corrected chi connectivity index (χ2v) is 11.9. The van der Waals surface area contributed by atoms with Crippen molar-refractivity contribution in [2.75, 3.05) is 26.2 Å². The van der Waals surface area contributed by atoms with Gasteiger partial charge in [0.1, 0.15) is 5.75 Å². The third-order valence-corrected chi connectivity index (χ3v) is 8.83. The second-order valence-electron chi connectivity index (χ2n) is 11.9. The zero-order valence-electron chi connectivity index (χ0n) is 24.9. The minimum atomic E-state index is -4.70. The van der Waals surface area contributed by atoms with Crippen molar-refractivity contribution in [1.29, 1.82) is 0 Å². The van der Waals surface area contributed by atoms with Crippen LogP contribution in [0.2, 0.25) is 0 Å². The molecule has 45 heavy (non-hydrogen) atoms. The molecule has 1 aliphatic carbocycles. The van der Waals surface area contributed by atoms with Gasteiger partial charge in [-0.1, -0.05) is 30.3 Å². The number of nitrogens with one attached hydrogen (secondary N) is 1. The Morgan fingerprint density at radius 1 is 0.978 bits per heavy atom. The smallest absolute Gasteiger partial charge is 0.453 e. The molecule has 0 radical (unpaired) electrons. The lowest BCUT2D eigenvalue weighted by atomic mass is 9.84. The highest BCUT2D eigenvalue weighted by molar-refractivity contribution is 5.85. The van der Waals surface area contributed by atoms with Crippen molar-refractivity contribution >= 4 is 24.2 Å². The van der Waals surface area contributed by atoms with Crippen LogP contribution in [-0.4, -0.2) is 80.1 Å². The first-order valence-corrected chi connectivity index (χ1v) is 15.2. The van der Waals surface area contributed by atoms with E-state index >= 15 is 0 Å². The van der Waals surface area contributed by atoms with Crippen LogP contribution in [0, 0.1) is 5.92 Å². The summed E-state index contributed by atoms with van der Waals surface area (Å²) in [5.41, 5.74) is 2.01. The van der Waals surface area contributed by atoms with Gasteiger partial charge in [-0.2, -0.15) is 17.9 Å². The number of ether oxygens (including phenoxy) is 1. The van der Waals surface area contributed by atoms with Crippen LogP contribution in [0.1, 0.15) is 61.9 Å². The van der Waals surface area contributed by atoms with Crippen molar-refractivity contribution in [2.24, 2.45) is 5.92 Å². The Balaban J connectivity index is 0.00000400. The Hall–Kier alpha value is -3.71. The number of rotatable bonds is 8. The maximum atomic E-state index is 13.6. The molecule has 6 rings (SSSR count). The number of likely N-dealkylation sites (tertiary alicyclic amines) is 2. The lowest BCUT2D eigenvalue weighted by Gasteiger charge is -2.42. The topological polar surface area (TPSA) is 105 Å². The second kappa shape index (κ2) is 13.7. The predicted octanol–water partition coefficient (Wildman–Crippen LogP) is 4.38. The molecule has 1 saturated carbocycles. The van der Waals surface area contributed by atoms with Gasteiger partial charge in [-0.05, 0) is 66.3 Å². The zero-order chi connectivity index (χ0) is 30.8. The predicted molar refractivity (Wildman–Crippen MR) is 161 cm³/mol. The Kier molecular flexibility index (Phi) is 9.97. The minimum absolute atomic E-state index is 0. The largest absolute Gasteiger partial charge is 0.490 e. The van der Waals surface area contributed by atoms with Crippen molar-refractivity contribution in [1.82, 2.24) is 35.3 Å². The van der Waals surface area contributed by atoms with E-state index in [-0.39, 0.29) is 53.9 Å². The van der Waals surface area contributed by atoms with Gasteiger partial charge < -0.3 is 19.9 Å². The molecule has 2 atom stereocenters. The van der Waals surface area contributed by atoms with Crippen molar-refractivity contribution in [3.8, 4) is 11.4 Å². The van der Waals surface area contributed by atoms with Crippen LogP contribution in [0.3, 0.4) is 0 Å². The number of hydrogen-bond acceptors (Lipinski definition) is 7. The molecule has 0 bridgehead atoms. The van der Waals surface area contributed by atoms with Crippen molar-refractivity contribution in [2.45, 2.75) is 69.8 Å². The maximum Gasteiger partial charge on any atom is 0.453 e. The van der Waals surface area contributed by atoms with E-state index in [2.05, 4.69) is 33.0 Å². The Morgan fingerprint density at radius 3 is 2.36 bits per heavy atom. The van der Waals surface area contributed by atoms with Gasteiger partial charge in [0.2, 0.25) is 11.8 Å². The summed E-state index contributed by atoms with van der Waals surface area (Å²) in [6, 6.07) is 14.9. The van der Waals surface area contributed by atoms with Crippen LogP contribution >= 0.6 is 12.4 Å². The summed E-state index contributed by atoms with van der Waals surface area (Å²) >= 11 is 0. The molecule has 2 amide bonds. The number of nitrogens with zero attached hydrogens (tertiary/aromatic N) is 6. The summed E-state index contributed by atoms with van der Waals surface area (Å²) in [7, 11) is 0. The zero-order valence-corrected chi connectivity index (χ0v) is 25.8. The molecule has 2 saturated heterocycles. The van der Waals surface area contributed by atoms with E-state index in [9.17, 15) is 22.8 Å². The first-order chi connectivity index (χ1) is 21.2. The number of tetrazole rings is 1. The summed E-state index contributed by atoms with van der Waals surface area (Å²) in [5.74, 6) is -0.474. The molecule has 10 nitrogen and oxygen atoms in total. The highest BCUT2D eigenvalue weighted by atomic mass is 35.5. The molecule has 0 spiro atoms. The van der Waals surface area contributed by atoms with Gasteiger partial charge in [0.05, 0.1) is 11.8 Å². The van der Waals surface area contributed by atoms with Gasteiger partial charge in [-0.3, -0.25) is 9.59 Å². The molecule has 1 N–H and O–H groups in total. The Labute approximate surface area is 265 Å². The lowest BCUT2D eigenvalue weighted by molar-refractivity contribution is -0.146. The minimum Gasteiger partial charge on any atom is -0.490 e. The summed E-state index contributed by atoms with van der Waals surface area (Å²) in [5, 5.41) is 13.7. The number of amides is 2.